The molecule has 6 heteroatoms. The zero-order valence-corrected chi connectivity index (χ0v) is 15.1. The van der Waals surface area contributed by atoms with Crippen molar-refractivity contribution in [3.8, 4) is 0 Å². The van der Waals surface area contributed by atoms with Crippen molar-refractivity contribution in [1.82, 2.24) is 15.1 Å². The number of nitrogens with zero attached hydrogens (tertiary/aromatic N) is 2. The van der Waals surface area contributed by atoms with Crippen molar-refractivity contribution >= 4 is 11.9 Å². The Morgan fingerprint density at radius 2 is 1.92 bits per heavy atom. The summed E-state index contributed by atoms with van der Waals surface area (Å²) in [6.45, 7) is -0.292. The van der Waals surface area contributed by atoms with Crippen LogP contribution in [0.4, 0.5) is 0 Å². The van der Waals surface area contributed by atoms with Crippen LogP contribution in [-0.2, 0) is 16.6 Å². The van der Waals surface area contributed by atoms with Crippen LogP contribution in [0.25, 0.3) is 0 Å². The fourth-order valence-corrected chi connectivity index (χ4v) is 3.60. The average Bonchev–Trinajstić information content (AvgIpc) is 3.11. The lowest BCUT2D eigenvalue weighted by Crippen LogP contribution is -2.37. The summed E-state index contributed by atoms with van der Waals surface area (Å²) in [5.74, 6) is -0.406. The van der Waals surface area contributed by atoms with Gasteiger partial charge in [-0.3, -0.25) is 9.48 Å². The highest BCUT2D eigenvalue weighted by atomic mass is 16.5. The molecular formula is C20H25N3O3. The van der Waals surface area contributed by atoms with Crippen LogP contribution in [0.3, 0.4) is 0 Å². The molecule has 1 aromatic heterocycles. The van der Waals surface area contributed by atoms with E-state index >= 15 is 0 Å². The van der Waals surface area contributed by atoms with Crippen LogP contribution < -0.4 is 5.32 Å². The number of hydrogen-bond donors (Lipinski definition) is 1. The molecule has 1 heterocycles. The fraction of sp³-hybridized carbons (Fsp3) is 0.450. The van der Waals surface area contributed by atoms with E-state index < -0.39 is 5.97 Å². The molecule has 0 unspecified atom stereocenters. The molecule has 1 aliphatic rings. The van der Waals surface area contributed by atoms with E-state index in [1.54, 1.807) is 13.1 Å². The minimum absolute atomic E-state index is 0.0422. The average molecular weight is 355 g/mol. The van der Waals surface area contributed by atoms with Gasteiger partial charge < -0.3 is 10.1 Å². The van der Waals surface area contributed by atoms with Gasteiger partial charge in [-0.25, -0.2) is 4.79 Å². The van der Waals surface area contributed by atoms with E-state index in [0.717, 1.165) is 18.4 Å². The number of hydrogen-bond acceptors (Lipinski definition) is 4. The van der Waals surface area contributed by atoms with Gasteiger partial charge in [-0.05, 0) is 30.4 Å². The lowest BCUT2D eigenvalue weighted by Gasteiger charge is -2.31. The van der Waals surface area contributed by atoms with E-state index in [0.29, 0.717) is 11.6 Å². The van der Waals surface area contributed by atoms with Crippen molar-refractivity contribution < 1.29 is 14.3 Å². The van der Waals surface area contributed by atoms with Gasteiger partial charge in [0.25, 0.3) is 5.91 Å². The standard InChI is InChI=1S/C20H25N3O3/c1-23-17(12-13-21-23)20(25)26-14-18(24)22-19(15-8-4-2-5-9-15)16-10-6-3-7-11-16/h2,4-5,8-9,12-13,16,19H,3,6-7,10-11,14H2,1H3,(H,22,24)/t19-/m0/s1. The first-order chi connectivity index (χ1) is 12.6. The number of carbonyl (C=O) groups is 2. The summed E-state index contributed by atoms with van der Waals surface area (Å²) in [7, 11) is 1.66. The van der Waals surface area contributed by atoms with Crippen LogP contribution in [0.5, 0.6) is 0 Å². The number of carbonyl (C=O) groups excluding carboxylic acids is 2. The summed E-state index contributed by atoms with van der Waals surface area (Å²) in [5.41, 5.74) is 1.43. The molecule has 3 rings (SSSR count). The minimum atomic E-state index is -0.547. The minimum Gasteiger partial charge on any atom is -0.451 e. The second kappa shape index (κ2) is 8.65. The third kappa shape index (κ3) is 4.50. The van der Waals surface area contributed by atoms with E-state index in [9.17, 15) is 9.59 Å². The molecule has 0 radical (unpaired) electrons. The number of benzene rings is 1. The zero-order chi connectivity index (χ0) is 18.4. The number of nitrogens with one attached hydrogen (secondary N) is 1. The molecule has 1 saturated carbocycles. The molecule has 1 aliphatic carbocycles. The zero-order valence-electron chi connectivity index (χ0n) is 15.1. The topological polar surface area (TPSA) is 73.2 Å². The first-order valence-corrected chi connectivity index (χ1v) is 9.14. The van der Waals surface area contributed by atoms with Crippen LogP contribution in [0.15, 0.2) is 42.6 Å². The van der Waals surface area contributed by atoms with E-state index in [1.165, 1.54) is 30.1 Å². The van der Waals surface area contributed by atoms with Crippen LogP contribution in [-0.4, -0.2) is 28.3 Å². The number of aromatic nitrogens is 2. The Kier molecular flexibility index (Phi) is 6.04. The van der Waals surface area contributed by atoms with Crippen LogP contribution in [0.2, 0.25) is 0 Å². The van der Waals surface area contributed by atoms with Gasteiger partial charge in [-0.1, -0.05) is 49.6 Å². The van der Waals surface area contributed by atoms with Crippen LogP contribution >= 0.6 is 0 Å². The monoisotopic (exact) mass is 355 g/mol. The fourth-order valence-electron chi connectivity index (χ4n) is 3.60. The first kappa shape index (κ1) is 18.2. The SMILES string of the molecule is Cn1nccc1C(=O)OCC(=O)N[C@@H](c1ccccc1)C1CCCCC1. The molecule has 0 saturated heterocycles. The van der Waals surface area contributed by atoms with E-state index in [1.807, 2.05) is 30.3 Å². The highest BCUT2D eigenvalue weighted by Crippen LogP contribution is 2.34. The van der Waals surface area contributed by atoms with Gasteiger partial charge in [0.05, 0.1) is 6.04 Å². The van der Waals surface area contributed by atoms with Gasteiger partial charge in [0.15, 0.2) is 6.61 Å². The summed E-state index contributed by atoms with van der Waals surface area (Å²) in [5, 5.41) is 7.01. The summed E-state index contributed by atoms with van der Waals surface area (Å²) >= 11 is 0. The van der Waals surface area contributed by atoms with Crippen molar-refractivity contribution in [2.75, 3.05) is 6.61 Å². The van der Waals surface area contributed by atoms with Crippen molar-refractivity contribution in [2.24, 2.45) is 13.0 Å². The Bertz CT molecular complexity index is 736. The maximum Gasteiger partial charge on any atom is 0.357 e. The van der Waals surface area contributed by atoms with Crippen molar-refractivity contribution in [3.63, 3.8) is 0 Å². The quantitative estimate of drug-likeness (QED) is 0.809. The second-order valence-electron chi connectivity index (χ2n) is 6.77. The van der Waals surface area contributed by atoms with Crippen LogP contribution in [0, 0.1) is 5.92 Å². The number of rotatable bonds is 6. The third-order valence-corrected chi connectivity index (χ3v) is 4.96. The van der Waals surface area contributed by atoms with Crippen molar-refractivity contribution in [2.45, 2.75) is 38.1 Å². The normalized spacial score (nSPS) is 16.0. The smallest absolute Gasteiger partial charge is 0.357 e. The molecule has 1 atom stereocenters. The van der Waals surface area contributed by atoms with Crippen molar-refractivity contribution in [3.05, 3.63) is 53.9 Å². The Hall–Kier alpha value is -2.63. The number of esters is 1. The van der Waals surface area contributed by atoms with E-state index in [4.69, 9.17) is 4.74 Å². The summed E-state index contributed by atoms with van der Waals surface area (Å²) in [6.07, 6.45) is 7.38. The molecule has 0 spiro atoms. The number of amides is 1. The summed E-state index contributed by atoms with van der Waals surface area (Å²) in [4.78, 5) is 24.4. The second-order valence-corrected chi connectivity index (χ2v) is 6.77. The molecule has 26 heavy (non-hydrogen) atoms. The van der Waals surface area contributed by atoms with Gasteiger partial charge in [-0.2, -0.15) is 5.10 Å². The third-order valence-electron chi connectivity index (χ3n) is 4.96. The first-order valence-electron chi connectivity index (χ1n) is 9.14. The largest absolute Gasteiger partial charge is 0.451 e. The summed E-state index contributed by atoms with van der Waals surface area (Å²) in [6, 6.07) is 11.6. The van der Waals surface area contributed by atoms with Gasteiger partial charge in [0.2, 0.25) is 0 Å². The predicted molar refractivity (Wildman–Crippen MR) is 97.4 cm³/mol. The lowest BCUT2D eigenvalue weighted by atomic mass is 9.81. The van der Waals surface area contributed by atoms with E-state index in [2.05, 4.69) is 10.4 Å². The van der Waals surface area contributed by atoms with Gasteiger partial charge in [-0.15, -0.1) is 0 Å². The number of ether oxygens (including phenoxy) is 1. The molecule has 138 valence electrons. The highest BCUT2D eigenvalue weighted by molar-refractivity contribution is 5.89. The van der Waals surface area contributed by atoms with Gasteiger partial charge in [0, 0.05) is 13.2 Å². The molecule has 1 N–H and O–H groups in total. The summed E-state index contributed by atoms with van der Waals surface area (Å²) < 4.78 is 6.57. The Balaban J connectivity index is 1.61. The maximum atomic E-state index is 12.4. The van der Waals surface area contributed by atoms with E-state index in [-0.39, 0.29) is 18.6 Å². The van der Waals surface area contributed by atoms with Gasteiger partial charge in [0.1, 0.15) is 5.69 Å². The molecule has 0 bridgehead atoms. The lowest BCUT2D eigenvalue weighted by molar-refractivity contribution is -0.125. The van der Waals surface area contributed by atoms with Crippen molar-refractivity contribution in [1.29, 1.82) is 0 Å². The number of aryl methyl sites for hydroxylation is 1. The molecule has 1 aromatic carbocycles. The van der Waals surface area contributed by atoms with Crippen LogP contribution in [0.1, 0.15) is 54.2 Å². The Morgan fingerprint density at radius 1 is 1.19 bits per heavy atom. The Labute approximate surface area is 153 Å². The van der Waals surface area contributed by atoms with Gasteiger partial charge >= 0.3 is 5.97 Å². The molecule has 2 aromatic rings. The molecule has 1 fully saturated rings. The Morgan fingerprint density at radius 3 is 2.58 bits per heavy atom. The maximum absolute atomic E-state index is 12.4. The predicted octanol–water partition coefficient (Wildman–Crippen LogP) is 3.01. The molecule has 0 aliphatic heterocycles. The molecular weight excluding hydrogens is 330 g/mol. The molecule has 1 amide bonds. The molecule has 6 nitrogen and oxygen atoms in total. The highest BCUT2D eigenvalue weighted by Gasteiger charge is 2.26.